The van der Waals surface area contributed by atoms with Gasteiger partial charge in [0.15, 0.2) is 0 Å². The van der Waals surface area contributed by atoms with Crippen molar-refractivity contribution in [1.29, 1.82) is 0 Å². The number of aromatic nitrogens is 2. The Morgan fingerprint density at radius 1 is 0.867 bits per heavy atom. The summed E-state index contributed by atoms with van der Waals surface area (Å²) in [6.45, 7) is 5.03. The minimum absolute atomic E-state index is 0.103. The normalized spacial score (nSPS) is 11.2. The first-order valence-electron chi connectivity index (χ1n) is 10.4. The minimum atomic E-state index is 0.103. The van der Waals surface area contributed by atoms with Crippen molar-refractivity contribution in [3.63, 3.8) is 0 Å². The summed E-state index contributed by atoms with van der Waals surface area (Å²) in [5.74, 6) is 1.02. The molecule has 4 aromatic rings. The van der Waals surface area contributed by atoms with Crippen molar-refractivity contribution in [2.45, 2.75) is 39.4 Å². The molecule has 1 heterocycles. The van der Waals surface area contributed by atoms with Gasteiger partial charge in [-0.1, -0.05) is 72.8 Å². The van der Waals surface area contributed by atoms with E-state index in [1.54, 1.807) is 0 Å². The predicted octanol–water partition coefficient (Wildman–Crippen LogP) is 5.06. The van der Waals surface area contributed by atoms with Crippen LogP contribution in [0.2, 0.25) is 0 Å². The molecule has 0 aliphatic rings. The van der Waals surface area contributed by atoms with Crippen molar-refractivity contribution in [3.8, 4) is 0 Å². The van der Waals surface area contributed by atoms with E-state index in [2.05, 4.69) is 42.7 Å². The van der Waals surface area contributed by atoms with E-state index in [1.807, 2.05) is 65.6 Å². The Morgan fingerprint density at radius 3 is 2.13 bits per heavy atom. The quantitative estimate of drug-likeness (QED) is 0.437. The molecular formula is C26H27N3O. The van der Waals surface area contributed by atoms with Gasteiger partial charge in [0.2, 0.25) is 5.91 Å². The van der Waals surface area contributed by atoms with E-state index in [0.29, 0.717) is 13.0 Å². The molecule has 152 valence electrons. The summed E-state index contributed by atoms with van der Waals surface area (Å²) in [4.78, 5) is 20.2. The molecule has 3 aromatic carbocycles. The highest BCUT2D eigenvalue weighted by molar-refractivity contribution is 5.81. The molecule has 0 fully saturated rings. The fraction of sp³-hybridized carbons (Fsp3) is 0.231. The van der Waals surface area contributed by atoms with Crippen LogP contribution in [0, 0.1) is 0 Å². The van der Waals surface area contributed by atoms with Crippen molar-refractivity contribution in [1.82, 2.24) is 14.5 Å². The van der Waals surface area contributed by atoms with Crippen LogP contribution in [0.5, 0.6) is 0 Å². The minimum Gasteiger partial charge on any atom is -0.334 e. The third kappa shape index (κ3) is 4.43. The van der Waals surface area contributed by atoms with Crippen LogP contribution in [0.4, 0.5) is 0 Å². The molecule has 4 rings (SSSR count). The third-order valence-electron chi connectivity index (χ3n) is 5.37. The van der Waals surface area contributed by atoms with Crippen molar-refractivity contribution < 1.29 is 4.79 Å². The molecule has 1 amide bonds. The zero-order chi connectivity index (χ0) is 20.9. The first-order chi connectivity index (χ1) is 14.6. The van der Waals surface area contributed by atoms with Crippen molar-refractivity contribution >= 4 is 16.9 Å². The van der Waals surface area contributed by atoms with E-state index in [4.69, 9.17) is 4.98 Å². The molecule has 0 atom stereocenters. The number of hydrogen-bond donors (Lipinski definition) is 0. The number of fused-ring (bicyclic) bond motifs is 1. The predicted molar refractivity (Wildman–Crippen MR) is 121 cm³/mol. The van der Waals surface area contributed by atoms with Crippen LogP contribution in [0.3, 0.4) is 0 Å². The summed E-state index contributed by atoms with van der Waals surface area (Å²) < 4.78 is 2.07. The van der Waals surface area contributed by atoms with Gasteiger partial charge in [0, 0.05) is 19.0 Å². The van der Waals surface area contributed by atoms with Crippen LogP contribution in [-0.4, -0.2) is 26.4 Å². The monoisotopic (exact) mass is 397 g/mol. The van der Waals surface area contributed by atoms with E-state index < -0.39 is 0 Å². The largest absolute Gasteiger partial charge is 0.334 e. The number of imidazole rings is 1. The van der Waals surface area contributed by atoms with Gasteiger partial charge in [0.1, 0.15) is 12.4 Å². The highest BCUT2D eigenvalue weighted by atomic mass is 16.2. The van der Waals surface area contributed by atoms with Gasteiger partial charge in [0.05, 0.1) is 11.0 Å². The fourth-order valence-electron chi connectivity index (χ4n) is 3.78. The Bertz CT molecular complexity index is 1120. The van der Waals surface area contributed by atoms with Gasteiger partial charge < -0.3 is 9.47 Å². The first-order valence-corrected chi connectivity index (χ1v) is 10.4. The van der Waals surface area contributed by atoms with Gasteiger partial charge in [-0.2, -0.15) is 0 Å². The lowest BCUT2D eigenvalue weighted by Gasteiger charge is -2.27. The number of amides is 1. The molecule has 0 aliphatic heterocycles. The number of carbonyl (C=O) groups is 1. The SMILES string of the molecule is CC(C)N(Cc1ccccc1)C(=O)Cn1c(Cc2ccccc2)nc2ccccc21. The van der Waals surface area contributed by atoms with Crippen LogP contribution >= 0.6 is 0 Å². The van der Waals surface area contributed by atoms with Crippen molar-refractivity contribution in [3.05, 3.63) is 102 Å². The zero-order valence-electron chi connectivity index (χ0n) is 17.5. The van der Waals surface area contributed by atoms with Crippen LogP contribution in [0.15, 0.2) is 84.9 Å². The van der Waals surface area contributed by atoms with Crippen LogP contribution in [0.1, 0.15) is 30.8 Å². The summed E-state index contributed by atoms with van der Waals surface area (Å²) in [6, 6.07) is 28.6. The second kappa shape index (κ2) is 8.95. The van der Waals surface area contributed by atoms with Gasteiger partial charge >= 0.3 is 0 Å². The molecular weight excluding hydrogens is 370 g/mol. The van der Waals surface area contributed by atoms with E-state index in [-0.39, 0.29) is 18.5 Å². The molecule has 0 unspecified atom stereocenters. The van der Waals surface area contributed by atoms with Crippen LogP contribution in [-0.2, 0) is 24.3 Å². The summed E-state index contributed by atoms with van der Waals surface area (Å²) in [5, 5.41) is 0. The first kappa shape index (κ1) is 19.9. The van der Waals surface area contributed by atoms with Gasteiger partial charge in [-0.25, -0.2) is 4.98 Å². The molecule has 0 N–H and O–H groups in total. The molecule has 4 nitrogen and oxygen atoms in total. The number of benzene rings is 3. The molecule has 0 spiro atoms. The molecule has 0 bridgehead atoms. The number of carbonyl (C=O) groups excluding carboxylic acids is 1. The van der Waals surface area contributed by atoms with E-state index in [1.165, 1.54) is 5.56 Å². The Hall–Kier alpha value is -3.40. The van der Waals surface area contributed by atoms with Gasteiger partial charge in [0.25, 0.3) is 0 Å². The molecule has 0 saturated carbocycles. The fourth-order valence-corrected chi connectivity index (χ4v) is 3.78. The average Bonchev–Trinajstić information content (AvgIpc) is 3.10. The van der Waals surface area contributed by atoms with Gasteiger partial charge in [-0.05, 0) is 37.1 Å². The highest BCUT2D eigenvalue weighted by Gasteiger charge is 2.21. The maximum Gasteiger partial charge on any atom is 0.243 e. The number of nitrogens with zero attached hydrogens (tertiary/aromatic N) is 3. The Kier molecular flexibility index (Phi) is 5.94. The Balaban J connectivity index is 1.64. The number of para-hydroxylation sites is 2. The molecule has 0 saturated heterocycles. The Labute approximate surface area is 177 Å². The lowest BCUT2D eigenvalue weighted by atomic mass is 10.1. The lowest BCUT2D eigenvalue weighted by molar-refractivity contribution is -0.134. The Morgan fingerprint density at radius 2 is 1.47 bits per heavy atom. The molecule has 30 heavy (non-hydrogen) atoms. The smallest absolute Gasteiger partial charge is 0.243 e. The molecule has 4 heteroatoms. The van der Waals surface area contributed by atoms with Crippen molar-refractivity contribution in [2.75, 3.05) is 0 Å². The number of rotatable bonds is 7. The standard InChI is InChI=1S/C26H27N3O/c1-20(2)28(18-22-13-7-4-8-14-22)26(30)19-29-24-16-10-9-15-23(24)27-25(29)17-21-11-5-3-6-12-21/h3-16,20H,17-19H2,1-2H3. The van der Waals surface area contributed by atoms with E-state index in [9.17, 15) is 4.79 Å². The average molecular weight is 398 g/mol. The summed E-state index contributed by atoms with van der Waals surface area (Å²) in [6.07, 6.45) is 0.698. The lowest BCUT2D eigenvalue weighted by Crippen LogP contribution is -2.38. The molecule has 1 aromatic heterocycles. The highest BCUT2D eigenvalue weighted by Crippen LogP contribution is 2.20. The second-order valence-corrected chi connectivity index (χ2v) is 7.87. The van der Waals surface area contributed by atoms with Crippen molar-refractivity contribution in [2.24, 2.45) is 0 Å². The third-order valence-corrected chi connectivity index (χ3v) is 5.37. The topological polar surface area (TPSA) is 38.1 Å². The van der Waals surface area contributed by atoms with Crippen LogP contribution < -0.4 is 0 Å². The van der Waals surface area contributed by atoms with E-state index in [0.717, 1.165) is 22.4 Å². The van der Waals surface area contributed by atoms with Crippen LogP contribution in [0.25, 0.3) is 11.0 Å². The van der Waals surface area contributed by atoms with E-state index >= 15 is 0 Å². The summed E-state index contributed by atoms with van der Waals surface area (Å²) in [7, 11) is 0. The zero-order valence-corrected chi connectivity index (χ0v) is 17.5. The maximum atomic E-state index is 13.4. The summed E-state index contributed by atoms with van der Waals surface area (Å²) >= 11 is 0. The number of hydrogen-bond acceptors (Lipinski definition) is 2. The molecule has 0 aliphatic carbocycles. The second-order valence-electron chi connectivity index (χ2n) is 7.87. The maximum absolute atomic E-state index is 13.4. The van der Waals surface area contributed by atoms with Gasteiger partial charge in [-0.15, -0.1) is 0 Å². The van der Waals surface area contributed by atoms with Gasteiger partial charge in [-0.3, -0.25) is 4.79 Å². The molecule has 0 radical (unpaired) electrons. The summed E-state index contributed by atoms with van der Waals surface area (Å²) in [5.41, 5.74) is 4.25.